The Balaban J connectivity index is 2.15. The lowest BCUT2D eigenvalue weighted by molar-refractivity contribution is 0.103. The molecule has 0 unspecified atom stereocenters. The number of nitrogens with one attached hydrogen (secondary N) is 1. The molecule has 106 valence electrons. The zero-order chi connectivity index (χ0) is 14.8. The number of carbonyl (C=O) groups excluding carboxylic acids is 1. The first-order valence-corrected chi connectivity index (χ1v) is 7.81. The molecule has 0 spiro atoms. The monoisotopic (exact) mass is 317 g/mol. The number of anilines is 1. The Hall–Kier alpha value is -1.80. The smallest absolute Gasteiger partial charge is 0.321 e. The molecule has 0 bridgehead atoms. The average molecular weight is 317 g/mol. The minimum atomic E-state index is -4.61. The molecule has 4 nitrogen and oxygen atoms in total. The molecule has 0 radical (unpaired) electrons. The Morgan fingerprint density at radius 2 is 1.80 bits per heavy atom. The van der Waals surface area contributed by atoms with Gasteiger partial charge in [-0.3, -0.25) is 4.79 Å². The number of alkyl halides is 2. The van der Waals surface area contributed by atoms with Crippen LogP contribution in [0.1, 0.15) is 9.67 Å². The SMILES string of the molecule is O=C(Nc1ccc(S(=O)(=O)C(F)F)cc1)c1cccs1. The number of hydrogen-bond acceptors (Lipinski definition) is 4. The molecule has 20 heavy (non-hydrogen) atoms. The molecule has 0 saturated carbocycles. The highest BCUT2D eigenvalue weighted by molar-refractivity contribution is 7.91. The first-order chi connectivity index (χ1) is 9.41. The molecule has 1 amide bonds. The summed E-state index contributed by atoms with van der Waals surface area (Å²) in [6.45, 7) is 0. The van der Waals surface area contributed by atoms with Crippen molar-refractivity contribution in [1.82, 2.24) is 0 Å². The predicted octanol–water partition coefficient (Wildman–Crippen LogP) is 3.00. The van der Waals surface area contributed by atoms with Crippen LogP contribution in [0.2, 0.25) is 0 Å². The zero-order valence-corrected chi connectivity index (χ0v) is 11.5. The third-order valence-electron chi connectivity index (χ3n) is 2.42. The van der Waals surface area contributed by atoms with Crippen LogP contribution in [0.5, 0.6) is 0 Å². The summed E-state index contributed by atoms with van der Waals surface area (Å²) in [5.74, 6) is -3.81. The molecule has 0 saturated heterocycles. The average Bonchev–Trinajstić information content (AvgIpc) is 2.93. The standard InChI is InChI=1S/C12H9F2NO3S2/c13-12(14)20(17,18)9-5-3-8(4-6-9)15-11(16)10-2-1-7-19-10/h1-7,12H,(H,15,16). The third kappa shape index (κ3) is 3.02. The van der Waals surface area contributed by atoms with Crippen LogP contribution in [0.4, 0.5) is 14.5 Å². The van der Waals surface area contributed by atoms with E-state index < -0.39 is 20.5 Å². The predicted molar refractivity (Wildman–Crippen MR) is 71.9 cm³/mol. The number of rotatable bonds is 4. The van der Waals surface area contributed by atoms with Gasteiger partial charge in [-0.25, -0.2) is 8.42 Å². The third-order valence-corrected chi connectivity index (χ3v) is 4.69. The van der Waals surface area contributed by atoms with Gasteiger partial charge in [0, 0.05) is 5.69 Å². The van der Waals surface area contributed by atoms with E-state index in [0.717, 1.165) is 12.1 Å². The second-order valence-electron chi connectivity index (χ2n) is 3.76. The highest BCUT2D eigenvalue weighted by atomic mass is 32.2. The second-order valence-corrected chi connectivity index (χ2v) is 6.63. The summed E-state index contributed by atoms with van der Waals surface area (Å²) in [5.41, 5.74) is 0.330. The van der Waals surface area contributed by atoms with Gasteiger partial charge >= 0.3 is 5.76 Å². The van der Waals surface area contributed by atoms with Gasteiger partial charge in [-0.15, -0.1) is 11.3 Å². The van der Waals surface area contributed by atoms with Crippen molar-refractivity contribution in [3.8, 4) is 0 Å². The Bertz CT molecular complexity index is 695. The maximum absolute atomic E-state index is 12.3. The fourth-order valence-electron chi connectivity index (χ4n) is 1.43. The van der Waals surface area contributed by atoms with Crippen LogP contribution < -0.4 is 5.32 Å². The van der Waals surface area contributed by atoms with Crippen molar-refractivity contribution in [2.75, 3.05) is 5.32 Å². The van der Waals surface area contributed by atoms with Crippen LogP contribution in [0.25, 0.3) is 0 Å². The fraction of sp³-hybridized carbons (Fsp3) is 0.0833. The maximum atomic E-state index is 12.3. The number of carbonyl (C=O) groups is 1. The summed E-state index contributed by atoms with van der Waals surface area (Å²) >= 11 is 1.25. The lowest BCUT2D eigenvalue weighted by Gasteiger charge is -2.06. The van der Waals surface area contributed by atoms with E-state index >= 15 is 0 Å². The van der Waals surface area contributed by atoms with Crippen molar-refractivity contribution in [2.45, 2.75) is 10.7 Å². The van der Waals surface area contributed by atoms with Gasteiger partial charge in [-0.2, -0.15) is 8.78 Å². The van der Waals surface area contributed by atoms with Gasteiger partial charge in [0.15, 0.2) is 0 Å². The molecule has 8 heteroatoms. The minimum Gasteiger partial charge on any atom is -0.321 e. The highest BCUT2D eigenvalue weighted by Gasteiger charge is 2.26. The molecule has 1 heterocycles. The quantitative estimate of drug-likeness (QED) is 0.943. The van der Waals surface area contributed by atoms with Crippen molar-refractivity contribution in [2.24, 2.45) is 0 Å². The topological polar surface area (TPSA) is 63.2 Å². The fourth-order valence-corrected chi connectivity index (χ4v) is 2.77. The molecule has 0 aliphatic rings. The van der Waals surface area contributed by atoms with Crippen molar-refractivity contribution in [3.63, 3.8) is 0 Å². The normalized spacial score (nSPS) is 11.6. The molecule has 0 aliphatic carbocycles. The molecule has 1 N–H and O–H groups in total. The van der Waals surface area contributed by atoms with Gasteiger partial charge in [0.1, 0.15) is 0 Å². The van der Waals surface area contributed by atoms with E-state index in [9.17, 15) is 22.0 Å². The molecule has 1 aromatic carbocycles. The van der Waals surface area contributed by atoms with Gasteiger partial charge < -0.3 is 5.32 Å². The van der Waals surface area contributed by atoms with Gasteiger partial charge in [0.05, 0.1) is 9.77 Å². The lowest BCUT2D eigenvalue weighted by Crippen LogP contribution is -2.12. The molecular weight excluding hydrogens is 308 g/mol. The van der Waals surface area contributed by atoms with E-state index in [0.29, 0.717) is 10.6 Å². The number of sulfone groups is 1. The Morgan fingerprint density at radius 3 is 2.30 bits per heavy atom. The largest absolute Gasteiger partial charge is 0.341 e. The molecule has 1 aromatic heterocycles. The summed E-state index contributed by atoms with van der Waals surface area (Å²) in [6.07, 6.45) is 0. The lowest BCUT2D eigenvalue weighted by atomic mass is 10.3. The van der Waals surface area contributed by atoms with Gasteiger partial charge in [-0.05, 0) is 35.7 Å². The van der Waals surface area contributed by atoms with E-state index in [2.05, 4.69) is 5.32 Å². The van der Waals surface area contributed by atoms with Crippen LogP contribution in [0, 0.1) is 0 Å². The van der Waals surface area contributed by atoms with Crippen LogP contribution in [0.15, 0.2) is 46.7 Å². The number of halogens is 2. The highest BCUT2D eigenvalue weighted by Crippen LogP contribution is 2.21. The summed E-state index contributed by atoms with van der Waals surface area (Å²) in [5, 5.41) is 4.28. The Kier molecular flexibility index (Phi) is 4.15. The van der Waals surface area contributed by atoms with Gasteiger partial charge in [0.25, 0.3) is 5.91 Å². The first-order valence-electron chi connectivity index (χ1n) is 5.38. The van der Waals surface area contributed by atoms with Crippen molar-refractivity contribution in [3.05, 3.63) is 46.7 Å². The molecule has 0 aliphatic heterocycles. The summed E-state index contributed by atoms with van der Waals surface area (Å²) in [7, 11) is -4.61. The van der Waals surface area contributed by atoms with Crippen LogP contribution in [0.3, 0.4) is 0 Å². The van der Waals surface area contributed by atoms with E-state index in [4.69, 9.17) is 0 Å². The zero-order valence-electron chi connectivity index (χ0n) is 9.92. The van der Waals surface area contributed by atoms with Crippen molar-refractivity contribution < 1.29 is 22.0 Å². The molecule has 0 fully saturated rings. The molecule has 0 atom stereocenters. The summed E-state index contributed by atoms with van der Waals surface area (Å²) < 4.78 is 47.1. The minimum absolute atomic E-state index is 0.330. The van der Waals surface area contributed by atoms with Crippen LogP contribution >= 0.6 is 11.3 Å². The molecule has 2 rings (SSSR count). The maximum Gasteiger partial charge on any atom is 0.341 e. The van der Waals surface area contributed by atoms with E-state index in [-0.39, 0.29) is 5.91 Å². The van der Waals surface area contributed by atoms with E-state index in [1.807, 2.05) is 0 Å². The van der Waals surface area contributed by atoms with Gasteiger partial charge in [0.2, 0.25) is 9.84 Å². The van der Waals surface area contributed by atoms with Crippen molar-refractivity contribution in [1.29, 1.82) is 0 Å². The van der Waals surface area contributed by atoms with Crippen molar-refractivity contribution >= 4 is 32.8 Å². The Labute approximate surface area is 118 Å². The number of hydrogen-bond donors (Lipinski definition) is 1. The van der Waals surface area contributed by atoms with E-state index in [1.165, 1.54) is 23.5 Å². The second kappa shape index (κ2) is 5.68. The molecular formula is C12H9F2NO3S2. The summed E-state index contributed by atoms with van der Waals surface area (Å²) in [6, 6.07) is 7.95. The number of thiophene rings is 1. The number of benzene rings is 1. The molecule has 2 aromatic rings. The number of amides is 1. The van der Waals surface area contributed by atoms with Crippen LogP contribution in [-0.2, 0) is 9.84 Å². The van der Waals surface area contributed by atoms with E-state index in [1.54, 1.807) is 17.5 Å². The van der Waals surface area contributed by atoms with Gasteiger partial charge in [-0.1, -0.05) is 6.07 Å². The van der Waals surface area contributed by atoms with Crippen LogP contribution in [-0.4, -0.2) is 20.1 Å². The summed E-state index contributed by atoms with van der Waals surface area (Å²) in [4.78, 5) is 11.7. The first kappa shape index (κ1) is 14.6. The Morgan fingerprint density at radius 1 is 1.15 bits per heavy atom.